The van der Waals surface area contributed by atoms with Crippen molar-refractivity contribution >= 4 is 17.4 Å². The zero-order chi connectivity index (χ0) is 17.6. The molecule has 2 aromatic rings. The van der Waals surface area contributed by atoms with E-state index < -0.39 is 0 Å². The highest BCUT2D eigenvalue weighted by Gasteiger charge is 2.21. The number of pyridine rings is 1. The van der Waals surface area contributed by atoms with Crippen LogP contribution in [-0.4, -0.2) is 64.0 Å². The van der Waals surface area contributed by atoms with E-state index in [1.807, 2.05) is 36.2 Å². The molecule has 2 aromatic heterocycles. The number of rotatable bonds is 5. The standard InChI is InChI=1S/C17H25N7O/c1-22(2)16-6-5-15(12-18-16)20-14-4-3-9-23(10-7-14)17(25)13-24-11-8-19-21-24/h5-6,8,11-12,14,20H,3-4,7,9-10,13H2,1-2H3/t14-/m0/s1. The molecule has 0 radical (unpaired) electrons. The minimum absolute atomic E-state index is 0.100. The van der Waals surface area contributed by atoms with Crippen molar-refractivity contribution in [1.82, 2.24) is 24.9 Å². The van der Waals surface area contributed by atoms with Crippen LogP contribution in [0.5, 0.6) is 0 Å². The van der Waals surface area contributed by atoms with E-state index in [0.717, 1.165) is 43.9 Å². The maximum Gasteiger partial charge on any atom is 0.244 e. The van der Waals surface area contributed by atoms with Crippen molar-refractivity contribution in [2.45, 2.75) is 31.8 Å². The first kappa shape index (κ1) is 17.2. The van der Waals surface area contributed by atoms with Gasteiger partial charge in [-0.3, -0.25) is 4.79 Å². The summed E-state index contributed by atoms with van der Waals surface area (Å²) in [7, 11) is 3.96. The summed E-state index contributed by atoms with van der Waals surface area (Å²) in [6, 6.07) is 4.42. The Balaban J connectivity index is 1.51. The first-order valence-electron chi connectivity index (χ1n) is 8.63. The summed E-state index contributed by atoms with van der Waals surface area (Å²) in [6.07, 6.45) is 8.13. The van der Waals surface area contributed by atoms with Crippen molar-refractivity contribution in [3.63, 3.8) is 0 Å². The first-order chi connectivity index (χ1) is 12.1. The number of carbonyl (C=O) groups is 1. The number of nitrogens with zero attached hydrogens (tertiary/aromatic N) is 6. The SMILES string of the molecule is CN(C)c1ccc(N[C@H]2CCCN(C(=O)Cn3ccnn3)CC2)cn1. The minimum atomic E-state index is 0.100. The molecular weight excluding hydrogens is 318 g/mol. The summed E-state index contributed by atoms with van der Waals surface area (Å²) in [6.45, 7) is 1.81. The number of hydrogen-bond acceptors (Lipinski definition) is 6. The smallest absolute Gasteiger partial charge is 0.244 e. The molecule has 1 aliphatic rings. The fourth-order valence-electron chi connectivity index (χ4n) is 3.02. The normalized spacial score (nSPS) is 17.8. The summed E-state index contributed by atoms with van der Waals surface area (Å²) in [5.41, 5.74) is 1.03. The van der Waals surface area contributed by atoms with Crippen LogP contribution in [0.1, 0.15) is 19.3 Å². The van der Waals surface area contributed by atoms with E-state index in [9.17, 15) is 4.79 Å². The Bertz CT molecular complexity index is 669. The highest BCUT2D eigenvalue weighted by atomic mass is 16.2. The van der Waals surface area contributed by atoms with Gasteiger partial charge in [0.2, 0.25) is 5.91 Å². The number of amides is 1. The van der Waals surface area contributed by atoms with E-state index in [0.29, 0.717) is 6.04 Å². The third-order valence-corrected chi connectivity index (χ3v) is 4.43. The average Bonchev–Trinajstić information content (AvgIpc) is 2.99. The van der Waals surface area contributed by atoms with E-state index in [4.69, 9.17) is 0 Å². The van der Waals surface area contributed by atoms with Gasteiger partial charge in [-0.15, -0.1) is 5.10 Å². The van der Waals surface area contributed by atoms with Crippen molar-refractivity contribution in [2.24, 2.45) is 0 Å². The predicted octanol–water partition coefficient (Wildman–Crippen LogP) is 1.23. The molecular formula is C17H25N7O. The van der Waals surface area contributed by atoms with Crippen molar-refractivity contribution in [2.75, 3.05) is 37.4 Å². The Hall–Kier alpha value is -2.64. The summed E-state index contributed by atoms with van der Waals surface area (Å²) in [4.78, 5) is 20.7. The molecule has 0 aliphatic carbocycles. The van der Waals surface area contributed by atoms with Crippen molar-refractivity contribution in [1.29, 1.82) is 0 Å². The molecule has 0 saturated carbocycles. The van der Waals surface area contributed by atoms with Gasteiger partial charge in [-0.25, -0.2) is 9.67 Å². The van der Waals surface area contributed by atoms with Gasteiger partial charge in [0, 0.05) is 39.4 Å². The molecule has 134 valence electrons. The van der Waals surface area contributed by atoms with Gasteiger partial charge < -0.3 is 15.1 Å². The van der Waals surface area contributed by atoms with E-state index in [1.54, 1.807) is 17.1 Å². The lowest BCUT2D eigenvalue weighted by Crippen LogP contribution is -2.35. The van der Waals surface area contributed by atoms with E-state index >= 15 is 0 Å². The summed E-state index contributed by atoms with van der Waals surface area (Å²) in [5, 5.41) is 11.1. The van der Waals surface area contributed by atoms with Crippen molar-refractivity contribution in [3.8, 4) is 0 Å². The highest BCUT2D eigenvalue weighted by Crippen LogP contribution is 2.18. The van der Waals surface area contributed by atoms with E-state index in [1.165, 1.54) is 0 Å². The van der Waals surface area contributed by atoms with Gasteiger partial charge >= 0.3 is 0 Å². The zero-order valence-electron chi connectivity index (χ0n) is 14.8. The molecule has 1 N–H and O–H groups in total. The van der Waals surface area contributed by atoms with Gasteiger partial charge in [-0.2, -0.15) is 0 Å². The van der Waals surface area contributed by atoms with Crippen LogP contribution < -0.4 is 10.2 Å². The Kier molecular flexibility index (Phi) is 5.47. The molecule has 25 heavy (non-hydrogen) atoms. The van der Waals surface area contributed by atoms with Gasteiger partial charge in [-0.1, -0.05) is 5.21 Å². The molecule has 0 bridgehead atoms. The topological polar surface area (TPSA) is 79.2 Å². The lowest BCUT2D eigenvalue weighted by Gasteiger charge is -2.21. The fourth-order valence-corrected chi connectivity index (χ4v) is 3.02. The molecule has 3 heterocycles. The molecule has 0 aromatic carbocycles. The van der Waals surface area contributed by atoms with Crippen LogP contribution in [0.25, 0.3) is 0 Å². The average molecular weight is 343 g/mol. The largest absolute Gasteiger partial charge is 0.381 e. The molecule has 1 aliphatic heterocycles. The van der Waals surface area contributed by atoms with Gasteiger partial charge in [0.25, 0.3) is 0 Å². The lowest BCUT2D eigenvalue weighted by atomic mass is 10.1. The summed E-state index contributed by atoms with van der Waals surface area (Å²) in [5.74, 6) is 1.04. The second-order valence-corrected chi connectivity index (χ2v) is 6.55. The number of anilines is 2. The Morgan fingerprint density at radius 2 is 2.20 bits per heavy atom. The third kappa shape index (κ3) is 4.68. The fraction of sp³-hybridized carbons (Fsp3) is 0.529. The summed E-state index contributed by atoms with van der Waals surface area (Å²) < 4.78 is 1.57. The van der Waals surface area contributed by atoms with Crippen LogP contribution >= 0.6 is 0 Å². The molecule has 1 amide bonds. The van der Waals surface area contributed by atoms with Crippen LogP contribution in [0, 0.1) is 0 Å². The van der Waals surface area contributed by atoms with Gasteiger partial charge in [0.15, 0.2) is 0 Å². The lowest BCUT2D eigenvalue weighted by molar-refractivity contribution is -0.132. The highest BCUT2D eigenvalue weighted by molar-refractivity contribution is 5.75. The quantitative estimate of drug-likeness (QED) is 0.880. The van der Waals surface area contributed by atoms with Crippen LogP contribution in [0.3, 0.4) is 0 Å². The number of aromatic nitrogens is 4. The molecule has 1 fully saturated rings. The van der Waals surface area contributed by atoms with E-state index in [2.05, 4.69) is 26.7 Å². The minimum Gasteiger partial charge on any atom is -0.381 e. The maximum absolute atomic E-state index is 12.4. The van der Waals surface area contributed by atoms with Crippen LogP contribution in [0.4, 0.5) is 11.5 Å². The molecule has 1 atom stereocenters. The summed E-state index contributed by atoms with van der Waals surface area (Å²) >= 11 is 0. The molecule has 8 nitrogen and oxygen atoms in total. The molecule has 3 rings (SSSR count). The zero-order valence-corrected chi connectivity index (χ0v) is 14.8. The van der Waals surface area contributed by atoms with Crippen LogP contribution in [-0.2, 0) is 11.3 Å². The Morgan fingerprint density at radius 3 is 2.88 bits per heavy atom. The molecule has 0 spiro atoms. The Labute approximate surface area is 147 Å². The predicted molar refractivity (Wildman–Crippen MR) is 96.4 cm³/mol. The molecule has 8 heteroatoms. The van der Waals surface area contributed by atoms with Crippen LogP contribution in [0.15, 0.2) is 30.7 Å². The van der Waals surface area contributed by atoms with Crippen molar-refractivity contribution in [3.05, 3.63) is 30.7 Å². The van der Waals surface area contributed by atoms with E-state index in [-0.39, 0.29) is 12.5 Å². The van der Waals surface area contributed by atoms with Gasteiger partial charge in [-0.05, 0) is 31.4 Å². The Morgan fingerprint density at radius 1 is 1.32 bits per heavy atom. The molecule has 1 saturated heterocycles. The maximum atomic E-state index is 12.4. The van der Waals surface area contributed by atoms with Crippen molar-refractivity contribution < 1.29 is 4.79 Å². The number of carbonyl (C=O) groups excluding carboxylic acids is 1. The van der Waals surface area contributed by atoms with Gasteiger partial charge in [0.1, 0.15) is 12.4 Å². The second-order valence-electron chi connectivity index (χ2n) is 6.55. The van der Waals surface area contributed by atoms with Crippen LogP contribution in [0.2, 0.25) is 0 Å². The number of likely N-dealkylation sites (tertiary alicyclic amines) is 1. The number of nitrogens with one attached hydrogen (secondary N) is 1. The second kappa shape index (κ2) is 7.96. The number of hydrogen-bond donors (Lipinski definition) is 1. The van der Waals surface area contributed by atoms with Gasteiger partial charge in [0.05, 0.1) is 18.1 Å². The first-order valence-corrected chi connectivity index (χ1v) is 8.63. The monoisotopic (exact) mass is 343 g/mol. The third-order valence-electron chi connectivity index (χ3n) is 4.43. The molecule has 0 unspecified atom stereocenters.